The molecule has 0 unspecified atom stereocenters. The number of anilines is 1. The molecule has 2 heterocycles. The minimum absolute atomic E-state index is 0.0481. The highest BCUT2D eigenvalue weighted by atomic mass is 35.5. The maximum absolute atomic E-state index is 12.9. The number of hydrogen-bond acceptors (Lipinski definition) is 4. The van der Waals surface area contributed by atoms with Gasteiger partial charge in [0.05, 0.1) is 28.1 Å². The molecule has 158 valence electrons. The van der Waals surface area contributed by atoms with Crippen LogP contribution in [0.25, 0.3) is 21.3 Å². The summed E-state index contributed by atoms with van der Waals surface area (Å²) in [7, 11) is 0. The number of halogens is 4. The van der Waals surface area contributed by atoms with E-state index >= 15 is 0 Å². The first-order chi connectivity index (χ1) is 14.7. The van der Waals surface area contributed by atoms with Crippen molar-refractivity contribution < 1.29 is 18.0 Å². The largest absolute Gasteiger partial charge is 0.416 e. The summed E-state index contributed by atoms with van der Waals surface area (Å²) in [4.78, 5) is 29.5. The van der Waals surface area contributed by atoms with E-state index in [0.717, 1.165) is 33.9 Å². The van der Waals surface area contributed by atoms with Gasteiger partial charge in [0, 0.05) is 10.9 Å². The zero-order valence-electron chi connectivity index (χ0n) is 15.6. The summed E-state index contributed by atoms with van der Waals surface area (Å²) in [5.41, 5.74) is 0.701. The molecule has 1 amide bonds. The number of hydrogen-bond donors (Lipinski definition) is 1. The molecule has 0 saturated heterocycles. The molecule has 4 rings (SSSR count). The lowest BCUT2D eigenvalue weighted by Crippen LogP contribution is -2.27. The van der Waals surface area contributed by atoms with Crippen molar-refractivity contribution in [3.05, 3.63) is 81.2 Å². The Hall–Kier alpha value is -3.17. The number of benzene rings is 2. The Labute approximate surface area is 182 Å². The molecule has 31 heavy (non-hydrogen) atoms. The topological polar surface area (TPSA) is 64.0 Å². The summed E-state index contributed by atoms with van der Waals surface area (Å²) in [6.45, 7) is -0.424. The van der Waals surface area contributed by atoms with Gasteiger partial charge in [0.2, 0.25) is 5.91 Å². The first kappa shape index (κ1) is 21.1. The van der Waals surface area contributed by atoms with Crippen LogP contribution in [0.15, 0.2) is 65.0 Å². The number of thiophene rings is 1. The van der Waals surface area contributed by atoms with Crippen LogP contribution in [-0.2, 0) is 17.5 Å². The third-order valence-electron chi connectivity index (χ3n) is 4.51. The Morgan fingerprint density at radius 3 is 2.61 bits per heavy atom. The van der Waals surface area contributed by atoms with Gasteiger partial charge in [0.1, 0.15) is 11.2 Å². The van der Waals surface area contributed by atoms with Crippen LogP contribution < -0.4 is 10.9 Å². The Morgan fingerprint density at radius 2 is 1.90 bits per heavy atom. The predicted octanol–water partition coefficient (Wildman–Crippen LogP) is 5.44. The second kappa shape index (κ2) is 8.16. The van der Waals surface area contributed by atoms with Gasteiger partial charge in [0.15, 0.2) is 0 Å². The van der Waals surface area contributed by atoms with Crippen LogP contribution in [0.3, 0.4) is 0 Å². The highest BCUT2D eigenvalue weighted by molar-refractivity contribution is 7.17. The molecule has 2 aromatic carbocycles. The highest BCUT2D eigenvalue weighted by Gasteiger charge is 2.31. The minimum atomic E-state index is -4.58. The van der Waals surface area contributed by atoms with E-state index in [1.807, 2.05) is 35.7 Å². The van der Waals surface area contributed by atoms with E-state index < -0.39 is 29.8 Å². The number of fused-ring (bicyclic) bond motifs is 1. The summed E-state index contributed by atoms with van der Waals surface area (Å²) in [6.07, 6.45) is -3.33. The SMILES string of the molecule is O=C(Cn1cnc2c(-c3ccccc3)csc2c1=O)Nc1cc(C(F)(F)F)ccc1Cl. The fourth-order valence-electron chi connectivity index (χ4n) is 3.02. The van der Waals surface area contributed by atoms with Crippen molar-refractivity contribution in [1.82, 2.24) is 9.55 Å². The zero-order chi connectivity index (χ0) is 22.2. The van der Waals surface area contributed by atoms with Gasteiger partial charge in [-0.05, 0) is 23.8 Å². The van der Waals surface area contributed by atoms with Gasteiger partial charge in [-0.25, -0.2) is 4.98 Å². The van der Waals surface area contributed by atoms with Crippen LogP contribution >= 0.6 is 22.9 Å². The van der Waals surface area contributed by atoms with Crippen LogP contribution in [0, 0.1) is 0 Å². The minimum Gasteiger partial charge on any atom is -0.323 e. The number of nitrogens with one attached hydrogen (secondary N) is 1. The van der Waals surface area contributed by atoms with Crippen LogP contribution in [0.5, 0.6) is 0 Å². The lowest BCUT2D eigenvalue weighted by atomic mass is 10.1. The van der Waals surface area contributed by atoms with Gasteiger partial charge in [-0.1, -0.05) is 41.9 Å². The first-order valence-corrected chi connectivity index (χ1v) is 10.2. The lowest BCUT2D eigenvalue weighted by molar-refractivity contribution is -0.137. The van der Waals surface area contributed by atoms with Gasteiger partial charge < -0.3 is 5.32 Å². The van der Waals surface area contributed by atoms with Crippen LogP contribution in [0.4, 0.5) is 18.9 Å². The quantitative estimate of drug-likeness (QED) is 0.438. The van der Waals surface area contributed by atoms with Crippen molar-refractivity contribution in [3.8, 4) is 11.1 Å². The molecule has 4 aromatic rings. The van der Waals surface area contributed by atoms with Crippen LogP contribution in [0.2, 0.25) is 5.02 Å². The van der Waals surface area contributed by atoms with Crippen molar-refractivity contribution in [2.45, 2.75) is 12.7 Å². The Kier molecular flexibility index (Phi) is 5.55. The fraction of sp³-hybridized carbons (Fsp3) is 0.0952. The maximum Gasteiger partial charge on any atom is 0.416 e. The molecule has 0 spiro atoms. The molecule has 0 bridgehead atoms. The second-order valence-corrected chi connectivity index (χ2v) is 7.90. The van der Waals surface area contributed by atoms with E-state index in [4.69, 9.17) is 11.6 Å². The Balaban J connectivity index is 1.59. The number of alkyl halides is 3. The van der Waals surface area contributed by atoms with E-state index in [0.29, 0.717) is 10.2 Å². The smallest absolute Gasteiger partial charge is 0.323 e. The summed E-state index contributed by atoms with van der Waals surface area (Å²) < 4.78 is 40.2. The number of carbonyl (C=O) groups is 1. The molecular formula is C21H13ClF3N3O2S. The normalized spacial score (nSPS) is 11.6. The third kappa shape index (κ3) is 4.33. The zero-order valence-corrected chi connectivity index (χ0v) is 17.2. The molecule has 0 radical (unpaired) electrons. The Bertz CT molecular complexity index is 1330. The fourth-order valence-corrected chi connectivity index (χ4v) is 4.16. The summed E-state index contributed by atoms with van der Waals surface area (Å²) in [6, 6.07) is 12.1. The molecule has 0 aliphatic heterocycles. The van der Waals surface area contributed by atoms with E-state index in [9.17, 15) is 22.8 Å². The molecule has 0 saturated carbocycles. The van der Waals surface area contributed by atoms with Gasteiger partial charge in [-0.15, -0.1) is 11.3 Å². The molecule has 0 aliphatic carbocycles. The maximum atomic E-state index is 12.9. The average Bonchev–Trinajstić information content (AvgIpc) is 3.16. The third-order valence-corrected chi connectivity index (χ3v) is 5.80. The monoisotopic (exact) mass is 463 g/mol. The molecule has 5 nitrogen and oxygen atoms in total. The lowest BCUT2D eigenvalue weighted by Gasteiger charge is -2.12. The van der Waals surface area contributed by atoms with Crippen LogP contribution in [0.1, 0.15) is 5.56 Å². The Morgan fingerprint density at radius 1 is 1.16 bits per heavy atom. The average molecular weight is 464 g/mol. The van der Waals surface area contributed by atoms with Gasteiger partial charge >= 0.3 is 6.18 Å². The van der Waals surface area contributed by atoms with Gasteiger partial charge in [0.25, 0.3) is 5.56 Å². The van der Waals surface area contributed by atoms with E-state index in [1.165, 1.54) is 17.7 Å². The summed E-state index contributed by atoms with van der Waals surface area (Å²) in [5, 5.41) is 4.10. The molecule has 2 aromatic heterocycles. The first-order valence-electron chi connectivity index (χ1n) is 8.92. The molecule has 0 aliphatic rings. The number of carbonyl (C=O) groups excluding carboxylic acids is 1. The number of rotatable bonds is 4. The molecule has 1 N–H and O–H groups in total. The van der Waals surface area contributed by atoms with Crippen molar-refractivity contribution in [2.24, 2.45) is 0 Å². The highest BCUT2D eigenvalue weighted by Crippen LogP contribution is 2.34. The van der Waals surface area contributed by atoms with Crippen molar-refractivity contribution >= 4 is 44.7 Å². The van der Waals surface area contributed by atoms with Gasteiger partial charge in [-0.2, -0.15) is 13.2 Å². The molecule has 10 heteroatoms. The van der Waals surface area contributed by atoms with Crippen molar-refractivity contribution in [3.63, 3.8) is 0 Å². The van der Waals surface area contributed by atoms with Crippen molar-refractivity contribution in [1.29, 1.82) is 0 Å². The van der Waals surface area contributed by atoms with E-state index in [2.05, 4.69) is 10.3 Å². The predicted molar refractivity (Wildman–Crippen MR) is 114 cm³/mol. The second-order valence-electron chi connectivity index (χ2n) is 6.61. The van der Waals surface area contributed by atoms with Gasteiger partial charge in [-0.3, -0.25) is 14.2 Å². The molecular weight excluding hydrogens is 451 g/mol. The van der Waals surface area contributed by atoms with Crippen molar-refractivity contribution in [2.75, 3.05) is 5.32 Å². The molecule has 0 atom stereocenters. The molecule has 0 fully saturated rings. The summed E-state index contributed by atoms with van der Waals surface area (Å²) >= 11 is 7.12. The van der Waals surface area contributed by atoms with E-state index in [-0.39, 0.29) is 10.7 Å². The van der Waals surface area contributed by atoms with Crippen LogP contribution in [-0.4, -0.2) is 15.5 Å². The number of aromatic nitrogens is 2. The standard InChI is InChI=1S/C21H13ClF3N3O2S/c22-15-7-6-13(21(23,24)25)8-16(15)27-17(29)9-28-11-26-18-14(10-31-19(18)20(28)30)12-4-2-1-3-5-12/h1-8,10-11H,9H2,(H,27,29). The van der Waals surface area contributed by atoms with E-state index in [1.54, 1.807) is 0 Å². The summed E-state index contributed by atoms with van der Waals surface area (Å²) in [5.74, 6) is -0.704. The number of amides is 1. The number of nitrogens with zero attached hydrogens (tertiary/aromatic N) is 2.